The maximum atomic E-state index is 13.0. The Morgan fingerprint density at radius 1 is 1.29 bits per heavy atom. The molecular formula is C11H12F3NO2. The summed E-state index contributed by atoms with van der Waals surface area (Å²) in [5.74, 6) is -5.30. The molecule has 0 bridgehead atoms. The second-order valence-corrected chi connectivity index (χ2v) is 3.88. The number of rotatable bonds is 4. The van der Waals surface area contributed by atoms with E-state index in [0.717, 1.165) is 12.1 Å². The molecule has 0 amide bonds. The van der Waals surface area contributed by atoms with Crippen LogP contribution in [-0.4, -0.2) is 30.1 Å². The summed E-state index contributed by atoms with van der Waals surface area (Å²) in [6.45, 7) is 0. The van der Waals surface area contributed by atoms with Gasteiger partial charge in [0.15, 0.2) is 17.5 Å². The first-order valence-corrected chi connectivity index (χ1v) is 4.85. The van der Waals surface area contributed by atoms with Crippen molar-refractivity contribution in [1.82, 2.24) is 4.90 Å². The van der Waals surface area contributed by atoms with Crippen LogP contribution in [0.15, 0.2) is 12.1 Å². The molecular weight excluding hydrogens is 235 g/mol. The van der Waals surface area contributed by atoms with Crippen molar-refractivity contribution in [3.05, 3.63) is 35.1 Å². The molecule has 0 aliphatic carbocycles. The Labute approximate surface area is 96.5 Å². The van der Waals surface area contributed by atoms with Gasteiger partial charge >= 0.3 is 5.97 Å². The molecule has 1 unspecified atom stereocenters. The maximum absolute atomic E-state index is 13.0. The molecule has 0 saturated heterocycles. The molecule has 6 heteroatoms. The zero-order valence-corrected chi connectivity index (χ0v) is 9.38. The van der Waals surface area contributed by atoms with E-state index < -0.39 is 29.5 Å². The van der Waals surface area contributed by atoms with Crippen LogP contribution in [0.2, 0.25) is 0 Å². The SMILES string of the molecule is CN(C)C(CC(=O)O)c1cc(F)c(F)c(F)c1. The Hall–Kier alpha value is -1.56. The summed E-state index contributed by atoms with van der Waals surface area (Å²) < 4.78 is 38.8. The molecule has 0 spiro atoms. The Bertz CT molecular complexity index is 412. The zero-order valence-electron chi connectivity index (χ0n) is 9.38. The predicted molar refractivity (Wildman–Crippen MR) is 55.0 cm³/mol. The van der Waals surface area contributed by atoms with Crippen LogP contribution >= 0.6 is 0 Å². The average molecular weight is 247 g/mol. The van der Waals surface area contributed by atoms with Crippen LogP contribution in [0.5, 0.6) is 0 Å². The van der Waals surface area contributed by atoms with Gasteiger partial charge in [0.1, 0.15) is 0 Å². The summed E-state index contributed by atoms with van der Waals surface area (Å²) in [7, 11) is 3.15. The summed E-state index contributed by atoms with van der Waals surface area (Å²) in [4.78, 5) is 12.1. The number of benzene rings is 1. The topological polar surface area (TPSA) is 40.5 Å². The number of carboxylic acids is 1. The van der Waals surface area contributed by atoms with Crippen LogP contribution in [0.25, 0.3) is 0 Å². The quantitative estimate of drug-likeness (QED) is 0.829. The smallest absolute Gasteiger partial charge is 0.305 e. The summed E-state index contributed by atoms with van der Waals surface area (Å²) in [5.41, 5.74) is 0.0915. The van der Waals surface area contributed by atoms with E-state index in [-0.39, 0.29) is 12.0 Å². The molecule has 0 aromatic heterocycles. The van der Waals surface area contributed by atoms with Gasteiger partial charge in [0.25, 0.3) is 0 Å². The lowest BCUT2D eigenvalue weighted by atomic mass is 10.0. The Morgan fingerprint density at radius 2 is 1.76 bits per heavy atom. The van der Waals surface area contributed by atoms with Gasteiger partial charge in [0.05, 0.1) is 6.42 Å². The van der Waals surface area contributed by atoms with Gasteiger partial charge in [-0.1, -0.05) is 0 Å². The Kier molecular flexibility index (Phi) is 4.11. The van der Waals surface area contributed by atoms with E-state index >= 15 is 0 Å². The van der Waals surface area contributed by atoms with Crippen molar-refractivity contribution in [3.63, 3.8) is 0 Å². The van der Waals surface area contributed by atoms with Crippen LogP contribution < -0.4 is 0 Å². The first-order valence-electron chi connectivity index (χ1n) is 4.85. The highest BCUT2D eigenvalue weighted by Crippen LogP contribution is 2.25. The van der Waals surface area contributed by atoms with Crippen LogP contribution in [0.1, 0.15) is 18.0 Å². The highest BCUT2D eigenvalue weighted by molar-refractivity contribution is 5.67. The number of aliphatic carboxylic acids is 1. The van der Waals surface area contributed by atoms with Gasteiger partial charge in [-0.3, -0.25) is 4.79 Å². The summed E-state index contributed by atoms with van der Waals surface area (Å²) in [5, 5.41) is 8.70. The van der Waals surface area contributed by atoms with E-state index in [1.54, 1.807) is 14.1 Å². The molecule has 0 aliphatic heterocycles. The Balaban J connectivity index is 3.15. The van der Waals surface area contributed by atoms with Crippen molar-refractivity contribution in [2.75, 3.05) is 14.1 Å². The lowest BCUT2D eigenvalue weighted by Crippen LogP contribution is -2.23. The van der Waals surface area contributed by atoms with Crippen LogP contribution in [0.3, 0.4) is 0 Å². The third kappa shape index (κ3) is 3.20. The first kappa shape index (κ1) is 13.5. The second kappa shape index (κ2) is 5.18. The standard InChI is InChI=1S/C11H12F3NO2/c1-15(2)9(5-10(16)17)6-3-7(12)11(14)8(13)4-6/h3-4,9H,5H2,1-2H3,(H,16,17). The molecule has 3 nitrogen and oxygen atoms in total. The van der Waals surface area contributed by atoms with Crippen LogP contribution in [-0.2, 0) is 4.79 Å². The van der Waals surface area contributed by atoms with E-state index in [1.807, 2.05) is 0 Å². The molecule has 1 N–H and O–H groups in total. The minimum Gasteiger partial charge on any atom is -0.481 e. The number of carboxylic acid groups (broad SMARTS) is 1. The van der Waals surface area contributed by atoms with Crippen molar-refractivity contribution < 1.29 is 23.1 Å². The van der Waals surface area contributed by atoms with Gasteiger partial charge in [-0.05, 0) is 31.8 Å². The largest absolute Gasteiger partial charge is 0.481 e. The monoisotopic (exact) mass is 247 g/mol. The predicted octanol–water partition coefficient (Wildman–Crippen LogP) is 2.18. The lowest BCUT2D eigenvalue weighted by Gasteiger charge is -2.23. The van der Waals surface area contributed by atoms with E-state index in [1.165, 1.54) is 4.90 Å². The number of carbonyl (C=O) groups is 1. The average Bonchev–Trinajstić information content (AvgIpc) is 2.21. The summed E-state index contributed by atoms with van der Waals surface area (Å²) in [6.07, 6.45) is -0.322. The van der Waals surface area contributed by atoms with E-state index in [2.05, 4.69) is 0 Å². The van der Waals surface area contributed by atoms with Crippen molar-refractivity contribution in [1.29, 1.82) is 0 Å². The molecule has 0 saturated carbocycles. The highest BCUT2D eigenvalue weighted by Gasteiger charge is 2.21. The fourth-order valence-electron chi connectivity index (χ4n) is 1.53. The molecule has 0 fully saturated rings. The first-order chi connectivity index (χ1) is 7.82. The van der Waals surface area contributed by atoms with Gasteiger partial charge in [-0.2, -0.15) is 0 Å². The second-order valence-electron chi connectivity index (χ2n) is 3.88. The molecule has 1 atom stereocenters. The number of hydrogen-bond acceptors (Lipinski definition) is 2. The summed E-state index contributed by atoms with van der Waals surface area (Å²) in [6, 6.07) is 0.912. The summed E-state index contributed by atoms with van der Waals surface area (Å²) >= 11 is 0. The molecule has 0 radical (unpaired) electrons. The molecule has 0 heterocycles. The van der Waals surface area contributed by atoms with Gasteiger partial charge in [0, 0.05) is 6.04 Å². The highest BCUT2D eigenvalue weighted by atomic mass is 19.2. The van der Waals surface area contributed by atoms with Crippen molar-refractivity contribution >= 4 is 5.97 Å². The third-order valence-electron chi connectivity index (χ3n) is 2.38. The van der Waals surface area contributed by atoms with Gasteiger partial charge in [-0.25, -0.2) is 13.2 Å². The maximum Gasteiger partial charge on any atom is 0.305 e. The molecule has 1 aromatic carbocycles. The van der Waals surface area contributed by atoms with Gasteiger partial charge < -0.3 is 10.0 Å². The van der Waals surface area contributed by atoms with Crippen molar-refractivity contribution in [2.24, 2.45) is 0 Å². The number of nitrogens with zero attached hydrogens (tertiary/aromatic N) is 1. The van der Waals surface area contributed by atoms with E-state index in [4.69, 9.17) is 5.11 Å². The van der Waals surface area contributed by atoms with Crippen LogP contribution in [0.4, 0.5) is 13.2 Å². The van der Waals surface area contributed by atoms with Gasteiger partial charge in [0.2, 0.25) is 0 Å². The Morgan fingerprint density at radius 3 is 2.12 bits per heavy atom. The molecule has 1 aromatic rings. The normalized spacial score (nSPS) is 12.8. The molecule has 17 heavy (non-hydrogen) atoms. The van der Waals surface area contributed by atoms with E-state index in [0.29, 0.717) is 0 Å². The number of halogens is 3. The fraction of sp³-hybridized carbons (Fsp3) is 0.364. The minimum absolute atomic E-state index is 0.0915. The minimum atomic E-state index is -1.55. The van der Waals surface area contributed by atoms with Crippen LogP contribution in [0, 0.1) is 17.5 Å². The van der Waals surface area contributed by atoms with Crippen molar-refractivity contribution in [2.45, 2.75) is 12.5 Å². The van der Waals surface area contributed by atoms with Gasteiger partial charge in [-0.15, -0.1) is 0 Å². The molecule has 1 rings (SSSR count). The van der Waals surface area contributed by atoms with E-state index in [9.17, 15) is 18.0 Å². The third-order valence-corrected chi connectivity index (χ3v) is 2.38. The fourth-order valence-corrected chi connectivity index (χ4v) is 1.53. The van der Waals surface area contributed by atoms with Crippen molar-refractivity contribution in [3.8, 4) is 0 Å². The number of hydrogen-bond donors (Lipinski definition) is 1. The molecule has 94 valence electrons. The molecule has 0 aliphatic rings. The zero-order chi connectivity index (χ0) is 13.2. The lowest BCUT2D eigenvalue weighted by molar-refractivity contribution is -0.138.